The van der Waals surface area contributed by atoms with Gasteiger partial charge >= 0.3 is 0 Å². The van der Waals surface area contributed by atoms with Crippen LogP contribution in [0.3, 0.4) is 0 Å². The standard InChI is InChI=1S/C22H22N4O/c27-22(19-4-2-1-3-5-19)24-14-16-6-8-18(9-7-16)21-20(15-25-26-21)17-10-12-23-13-11-17/h1-2,6-13,15,19H,3-5,14H2,(H,24,27)(H,25,26)/t19-/m0/s1. The predicted octanol–water partition coefficient (Wildman–Crippen LogP) is 4.11. The Morgan fingerprint density at radius 2 is 1.89 bits per heavy atom. The Hall–Kier alpha value is -3.21. The highest BCUT2D eigenvalue weighted by Gasteiger charge is 2.18. The number of allylic oxidation sites excluding steroid dienone is 2. The molecule has 2 heterocycles. The van der Waals surface area contributed by atoms with Crippen molar-refractivity contribution in [3.05, 3.63) is 72.7 Å². The quantitative estimate of drug-likeness (QED) is 0.674. The number of rotatable bonds is 5. The lowest BCUT2D eigenvalue weighted by Crippen LogP contribution is -2.30. The summed E-state index contributed by atoms with van der Waals surface area (Å²) in [6.45, 7) is 0.555. The van der Waals surface area contributed by atoms with Gasteiger partial charge in [0.15, 0.2) is 0 Å². The molecule has 1 aliphatic carbocycles. The van der Waals surface area contributed by atoms with E-state index in [1.165, 1.54) is 0 Å². The van der Waals surface area contributed by atoms with Gasteiger partial charge in [0.05, 0.1) is 11.9 Å². The van der Waals surface area contributed by atoms with Crippen LogP contribution in [0.4, 0.5) is 0 Å². The van der Waals surface area contributed by atoms with Gasteiger partial charge in [0.25, 0.3) is 0 Å². The van der Waals surface area contributed by atoms with E-state index in [1.54, 1.807) is 12.4 Å². The summed E-state index contributed by atoms with van der Waals surface area (Å²) in [6, 6.07) is 12.2. The molecule has 0 radical (unpaired) electrons. The van der Waals surface area contributed by atoms with Crippen molar-refractivity contribution in [2.75, 3.05) is 0 Å². The number of hydrogen-bond acceptors (Lipinski definition) is 3. The molecule has 0 saturated carbocycles. The zero-order chi connectivity index (χ0) is 18.5. The van der Waals surface area contributed by atoms with Crippen molar-refractivity contribution in [1.29, 1.82) is 0 Å². The van der Waals surface area contributed by atoms with Gasteiger partial charge in [0, 0.05) is 36.0 Å². The summed E-state index contributed by atoms with van der Waals surface area (Å²) in [5.41, 5.74) is 5.25. The van der Waals surface area contributed by atoms with Crippen LogP contribution < -0.4 is 5.32 Å². The molecule has 5 heteroatoms. The second-order valence-corrected chi connectivity index (χ2v) is 6.79. The van der Waals surface area contributed by atoms with E-state index in [0.29, 0.717) is 6.54 Å². The topological polar surface area (TPSA) is 70.7 Å². The van der Waals surface area contributed by atoms with E-state index in [1.807, 2.05) is 30.5 Å². The van der Waals surface area contributed by atoms with E-state index >= 15 is 0 Å². The Morgan fingerprint density at radius 1 is 1.07 bits per heavy atom. The molecular weight excluding hydrogens is 336 g/mol. The largest absolute Gasteiger partial charge is 0.352 e. The Kier molecular flexibility index (Phi) is 5.10. The summed E-state index contributed by atoms with van der Waals surface area (Å²) >= 11 is 0. The Balaban J connectivity index is 1.43. The van der Waals surface area contributed by atoms with Crippen molar-refractivity contribution < 1.29 is 4.79 Å². The predicted molar refractivity (Wildman–Crippen MR) is 106 cm³/mol. The minimum atomic E-state index is 0.113. The fourth-order valence-electron chi connectivity index (χ4n) is 3.41. The van der Waals surface area contributed by atoms with Gasteiger partial charge in [-0.3, -0.25) is 14.9 Å². The van der Waals surface area contributed by atoms with Gasteiger partial charge in [0.1, 0.15) is 0 Å². The lowest BCUT2D eigenvalue weighted by molar-refractivity contribution is -0.125. The van der Waals surface area contributed by atoms with Gasteiger partial charge in [-0.2, -0.15) is 5.10 Å². The summed E-state index contributed by atoms with van der Waals surface area (Å²) in [5, 5.41) is 10.3. The molecule has 4 rings (SSSR count). The van der Waals surface area contributed by atoms with Gasteiger partial charge < -0.3 is 5.32 Å². The number of nitrogens with zero attached hydrogens (tertiary/aromatic N) is 2. The SMILES string of the molecule is O=C(NCc1ccc(-c2[nH]ncc2-c2ccncc2)cc1)[C@H]1CC=CCC1. The average Bonchev–Trinajstić information content (AvgIpc) is 3.23. The first kappa shape index (κ1) is 17.2. The molecule has 0 fully saturated rings. The summed E-state index contributed by atoms with van der Waals surface area (Å²) in [5.74, 6) is 0.263. The molecule has 0 bridgehead atoms. The molecule has 3 aromatic rings. The molecule has 0 spiro atoms. The molecule has 1 aromatic carbocycles. The normalized spacial score (nSPS) is 16.2. The highest BCUT2D eigenvalue weighted by molar-refractivity contribution is 5.80. The molecule has 0 saturated heterocycles. The number of H-pyrrole nitrogens is 1. The maximum atomic E-state index is 12.3. The summed E-state index contributed by atoms with van der Waals surface area (Å²) in [7, 11) is 0. The molecule has 27 heavy (non-hydrogen) atoms. The second kappa shape index (κ2) is 7.99. The van der Waals surface area contributed by atoms with Gasteiger partial charge in [-0.15, -0.1) is 0 Å². The number of carbonyl (C=O) groups excluding carboxylic acids is 1. The number of amides is 1. The van der Waals surface area contributed by atoms with E-state index in [9.17, 15) is 4.79 Å². The van der Waals surface area contributed by atoms with Crippen LogP contribution in [0.1, 0.15) is 24.8 Å². The zero-order valence-corrected chi connectivity index (χ0v) is 15.1. The maximum absolute atomic E-state index is 12.3. The third-order valence-electron chi connectivity index (χ3n) is 4.98. The van der Waals surface area contributed by atoms with Crippen molar-refractivity contribution in [3.63, 3.8) is 0 Å². The smallest absolute Gasteiger partial charge is 0.223 e. The minimum Gasteiger partial charge on any atom is -0.352 e. The van der Waals surface area contributed by atoms with Crippen molar-refractivity contribution in [3.8, 4) is 22.4 Å². The van der Waals surface area contributed by atoms with Crippen LogP contribution in [0.2, 0.25) is 0 Å². The minimum absolute atomic E-state index is 0.113. The van der Waals surface area contributed by atoms with E-state index in [-0.39, 0.29) is 11.8 Å². The number of hydrogen-bond donors (Lipinski definition) is 2. The Morgan fingerprint density at radius 3 is 2.63 bits per heavy atom. The van der Waals surface area contributed by atoms with Crippen LogP contribution in [-0.4, -0.2) is 21.1 Å². The van der Waals surface area contributed by atoms with Crippen molar-refractivity contribution in [2.24, 2.45) is 5.92 Å². The van der Waals surface area contributed by atoms with Gasteiger partial charge in [-0.1, -0.05) is 36.4 Å². The third-order valence-corrected chi connectivity index (χ3v) is 4.98. The molecule has 1 atom stereocenters. The first-order valence-corrected chi connectivity index (χ1v) is 9.27. The molecule has 0 aliphatic heterocycles. The number of aromatic nitrogens is 3. The molecular formula is C22H22N4O. The molecule has 136 valence electrons. The molecule has 2 N–H and O–H groups in total. The monoisotopic (exact) mass is 358 g/mol. The Bertz CT molecular complexity index is 928. The summed E-state index contributed by atoms with van der Waals surface area (Å²) in [6.07, 6.45) is 12.4. The van der Waals surface area contributed by atoms with Gasteiger partial charge in [-0.25, -0.2) is 0 Å². The lowest BCUT2D eigenvalue weighted by Gasteiger charge is -2.17. The number of benzene rings is 1. The molecule has 1 aliphatic rings. The molecule has 2 aromatic heterocycles. The van der Waals surface area contributed by atoms with E-state index in [4.69, 9.17) is 0 Å². The van der Waals surface area contributed by atoms with Crippen molar-refractivity contribution in [2.45, 2.75) is 25.8 Å². The molecule has 5 nitrogen and oxygen atoms in total. The fraction of sp³-hybridized carbons (Fsp3) is 0.227. The van der Waals surface area contributed by atoms with Crippen molar-refractivity contribution >= 4 is 5.91 Å². The van der Waals surface area contributed by atoms with Crippen LogP contribution >= 0.6 is 0 Å². The number of nitrogens with one attached hydrogen (secondary N) is 2. The zero-order valence-electron chi connectivity index (χ0n) is 15.1. The maximum Gasteiger partial charge on any atom is 0.223 e. The first-order chi connectivity index (χ1) is 13.3. The van der Waals surface area contributed by atoms with Crippen LogP contribution in [0.25, 0.3) is 22.4 Å². The van der Waals surface area contributed by atoms with E-state index in [2.05, 4.69) is 44.8 Å². The van der Waals surface area contributed by atoms with Crippen molar-refractivity contribution in [1.82, 2.24) is 20.5 Å². The van der Waals surface area contributed by atoms with E-state index < -0.39 is 0 Å². The number of aromatic amines is 1. The highest BCUT2D eigenvalue weighted by atomic mass is 16.1. The lowest BCUT2D eigenvalue weighted by atomic mass is 9.93. The highest BCUT2D eigenvalue weighted by Crippen LogP contribution is 2.29. The first-order valence-electron chi connectivity index (χ1n) is 9.27. The fourth-order valence-corrected chi connectivity index (χ4v) is 3.41. The third kappa shape index (κ3) is 3.97. The molecule has 1 amide bonds. The molecule has 0 unspecified atom stereocenters. The van der Waals surface area contributed by atoms with Crippen LogP contribution in [0.5, 0.6) is 0 Å². The summed E-state index contributed by atoms with van der Waals surface area (Å²) < 4.78 is 0. The number of pyridine rings is 1. The van der Waals surface area contributed by atoms with Crippen LogP contribution in [0.15, 0.2) is 67.1 Å². The number of carbonyl (C=O) groups is 1. The second-order valence-electron chi connectivity index (χ2n) is 6.79. The summed E-state index contributed by atoms with van der Waals surface area (Å²) in [4.78, 5) is 16.3. The van der Waals surface area contributed by atoms with Gasteiger partial charge in [0.2, 0.25) is 5.91 Å². The van der Waals surface area contributed by atoms with Gasteiger partial charge in [-0.05, 0) is 42.5 Å². The average molecular weight is 358 g/mol. The van der Waals surface area contributed by atoms with E-state index in [0.717, 1.165) is 47.2 Å². The van der Waals surface area contributed by atoms with Crippen LogP contribution in [-0.2, 0) is 11.3 Å². The van der Waals surface area contributed by atoms with Crippen LogP contribution in [0, 0.1) is 5.92 Å². The Labute approximate surface area is 158 Å².